The van der Waals surface area contributed by atoms with Crippen LogP contribution in [-0.4, -0.2) is 37.2 Å². The third-order valence-electron chi connectivity index (χ3n) is 3.40. The molecule has 27 heavy (non-hydrogen) atoms. The fourth-order valence-electron chi connectivity index (χ4n) is 2.20. The van der Waals surface area contributed by atoms with Gasteiger partial charge in [0.25, 0.3) is 0 Å². The van der Waals surface area contributed by atoms with Crippen LogP contribution in [0.15, 0.2) is 47.6 Å². The summed E-state index contributed by atoms with van der Waals surface area (Å²) in [6.45, 7) is 5.90. The predicted molar refractivity (Wildman–Crippen MR) is 115 cm³/mol. The molecule has 0 radical (unpaired) electrons. The molecule has 0 fully saturated rings. The zero-order chi connectivity index (χ0) is 18.8. The first-order valence-corrected chi connectivity index (χ1v) is 8.53. The number of pyridine rings is 1. The summed E-state index contributed by atoms with van der Waals surface area (Å²) in [6.07, 6.45) is 1.71. The maximum Gasteiger partial charge on any atom is 0.219 e. The van der Waals surface area contributed by atoms with Crippen molar-refractivity contribution >= 4 is 29.9 Å². The van der Waals surface area contributed by atoms with Crippen LogP contribution in [0, 0.1) is 5.82 Å². The zero-order valence-electron chi connectivity index (χ0n) is 15.7. The van der Waals surface area contributed by atoms with Crippen molar-refractivity contribution in [2.45, 2.75) is 26.4 Å². The first-order chi connectivity index (χ1) is 12.6. The molecule has 8 heteroatoms. The van der Waals surface area contributed by atoms with Crippen LogP contribution in [0.1, 0.15) is 19.4 Å². The summed E-state index contributed by atoms with van der Waals surface area (Å²) < 4.78 is 23.6. The van der Waals surface area contributed by atoms with Crippen molar-refractivity contribution in [3.05, 3.63) is 54.0 Å². The minimum absolute atomic E-state index is 0. The molecule has 6 nitrogen and oxygen atoms in total. The van der Waals surface area contributed by atoms with Crippen LogP contribution in [0.5, 0.6) is 11.6 Å². The van der Waals surface area contributed by atoms with E-state index in [4.69, 9.17) is 9.47 Å². The normalized spacial score (nSPS) is 12.1. The van der Waals surface area contributed by atoms with Gasteiger partial charge in [0.2, 0.25) is 5.88 Å². The Morgan fingerprint density at radius 3 is 2.56 bits per heavy atom. The van der Waals surface area contributed by atoms with Crippen LogP contribution in [0.4, 0.5) is 4.39 Å². The van der Waals surface area contributed by atoms with E-state index in [-0.39, 0.29) is 35.8 Å². The monoisotopic (exact) mass is 488 g/mol. The van der Waals surface area contributed by atoms with Gasteiger partial charge in [-0.25, -0.2) is 14.4 Å². The minimum Gasteiger partial charge on any atom is -0.439 e. The zero-order valence-corrected chi connectivity index (χ0v) is 18.1. The van der Waals surface area contributed by atoms with E-state index in [1.54, 1.807) is 31.5 Å². The molecule has 2 rings (SSSR count). The van der Waals surface area contributed by atoms with Crippen molar-refractivity contribution in [3.63, 3.8) is 0 Å². The maximum atomic E-state index is 12.9. The number of aromatic nitrogens is 1. The van der Waals surface area contributed by atoms with E-state index in [2.05, 4.69) is 20.6 Å². The van der Waals surface area contributed by atoms with Gasteiger partial charge in [-0.05, 0) is 43.7 Å². The second kappa shape index (κ2) is 12.4. The van der Waals surface area contributed by atoms with E-state index in [0.29, 0.717) is 24.8 Å². The molecule has 1 heterocycles. The first-order valence-electron chi connectivity index (χ1n) is 8.53. The van der Waals surface area contributed by atoms with Gasteiger partial charge in [-0.3, -0.25) is 0 Å². The Labute approximate surface area is 176 Å². The van der Waals surface area contributed by atoms with Gasteiger partial charge in [0.1, 0.15) is 11.6 Å². The van der Waals surface area contributed by atoms with Crippen molar-refractivity contribution in [1.82, 2.24) is 15.6 Å². The largest absolute Gasteiger partial charge is 0.439 e. The molecule has 0 saturated carbocycles. The number of aliphatic imine (C=N–C) groups is 1. The smallest absolute Gasteiger partial charge is 0.219 e. The molecule has 0 aliphatic carbocycles. The highest BCUT2D eigenvalue weighted by Gasteiger charge is 2.05. The lowest BCUT2D eigenvalue weighted by Gasteiger charge is -2.17. The Bertz CT molecular complexity index is 696. The van der Waals surface area contributed by atoms with Crippen LogP contribution >= 0.6 is 24.0 Å². The first kappa shape index (κ1) is 23.1. The molecule has 0 bridgehead atoms. The molecule has 0 amide bonds. The number of benzene rings is 1. The molecule has 0 aliphatic rings. The second-order valence-corrected chi connectivity index (χ2v) is 5.76. The van der Waals surface area contributed by atoms with Gasteiger partial charge in [-0.1, -0.05) is 6.07 Å². The number of rotatable bonds is 8. The highest BCUT2D eigenvalue weighted by atomic mass is 127. The highest BCUT2D eigenvalue weighted by Crippen LogP contribution is 2.19. The molecular formula is C19H26FIN4O2. The molecule has 1 atom stereocenters. The van der Waals surface area contributed by atoms with Crippen LogP contribution in [0.2, 0.25) is 0 Å². The molecule has 0 spiro atoms. The Kier molecular flexibility index (Phi) is 10.6. The van der Waals surface area contributed by atoms with Crippen molar-refractivity contribution in [1.29, 1.82) is 0 Å². The lowest BCUT2D eigenvalue weighted by Crippen LogP contribution is -2.43. The predicted octanol–water partition coefficient (Wildman–Crippen LogP) is 3.72. The van der Waals surface area contributed by atoms with Crippen molar-refractivity contribution < 1.29 is 13.9 Å². The van der Waals surface area contributed by atoms with E-state index < -0.39 is 0 Å². The molecule has 2 N–H and O–H groups in total. The van der Waals surface area contributed by atoms with E-state index in [0.717, 1.165) is 18.1 Å². The molecule has 0 saturated heterocycles. The molecule has 1 aromatic heterocycles. The summed E-state index contributed by atoms with van der Waals surface area (Å²) in [5.41, 5.74) is 0.952. The van der Waals surface area contributed by atoms with Gasteiger partial charge in [0.05, 0.1) is 13.2 Å². The molecule has 2 aromatic rings. The molecule has 148 valence electrons. The van der Waals surface area contributed by atoms with Gasteiger partial charge >= 0.3 is 0 Å². The summed E-state index contributed by atoms with van der Waals surface area (Å²) in [7, 11) is 1.67. The summed E-state index contributed by atoms with van der Waals surface area (Å²) in [6, 6.07) is 9.63. The van der Waals surface area contributed by atoms with Gasteiger partial charge < -0.3 is 20.1 Å². The fourth-order valence-corrected chi connectivity index (χ4v) is 2.20. The van der Waals surface area contributed by atoms with Crippen LogP contribution in [0.25, 0.3) is 0 Å². The Balaban J connectivity index is 0.00000364. The Hall–Kier alpha value is -1.94. The second-order valence-electron chi connectivity index (χ2n) is 5.76. The van der Waals surface area contributed by atoms with Crippen molar-refractivity contribution in [2.24, 2.45) is 4.99 Å². The number of hydrogen-bond donors (Lipinski definition) is 2. The van der Waals surface area contributed by atoms with Crippen molar-refractivity contribution in [2.75, 3.05) is 20.3 Å². The average molecular weight is 488 g/mol. The number of halogens is 2. The molecular weight excluding hydrogens is 462 g/mol. The van der Waals surface area contributed by atoms with Crippen LogP contribution in [0.3, 0.4) is 0 Å². The lowest BCUT2D eigenvalue weighted by molar-refractivity contribution is 0.179. The standard InChI is InChI=1S/C19H25FN4O2.HI/c1-4-21-19(24-14(2)13-25-3)23-12-15-5-10-18(22-11-15)26-17-8-6-16(20)7-9-17;/h5-11,14H,4,12-13H2,1-3H3,(H2,21,23,24);1H. The third kappa shape index (κ3) is 8.53. The maximum absolute atomic E-state index is 12.9. The Morgan fingerprint density at radius 2 is 1.96 bits per heavy atom. The van der Waals surface area contributed by atoms with E-state index >= 15 is 0 Å². The molecule has 1 unspecified atom stereocenters. The van der Waals surface area contributed by atoms with Crippen molar-refractivity contribution in [3.8, 4) is 11.6 Å². The molecule has 1 aromatic carbocycles. The quantitative estimate of drug-likeness (QED) is 0.337. The molecule has 0 aliphatic heterocycles. The minimum atomic E-state index is -0.302. The van der Waals surface area contributed by atoms with Crippen LogP contribution in [-0.2, 0) is 11.3 Å². The fraction of sp³-hybridized carbons (Fsp3) is 0.368. The topological polar surface area (TPSA) is 67.8 Å². The van der Waals surface area contributed by atoms with Gasteiger partial charge in [-0.15, -0.1) is 24.0 Å². The number of ether oxygens (including phenoxy) is 2. The van der Waals surface area contributed by atoms with E-state index in [1.165, 1.54) is 12.1 Å². The van der Waals surface area contributed by atoms with Gasteiger partial charge in [-0.2, -0.15) is 0 Å². The number of nitrogens with one attached hydrogen (secondary N) is 2. The number of guanidine groups is 1. The third-order valence-corrected chi connectivity index (χ3v) is 3.40. The average Bonchev–Trinajstić information content (AvgIpc) is 2.63. The number of methoxy groups -OCH3 is 1. The summed E-state index contributed by atoms with van der Waals surface area (Å²) in [5.74, 6) is 1.41. The number of hydrogen-bond acceptors (Lipinski definition) is 4. The summed E-state index contributed by atoms with van der Waals surface area (Å²) in [5, 5.41) is 6.47. The SMILES string of the molecule is CCNC(=NCc1ccc(Oc2ccc(F)cc2)nc1)NC(C)COC.I. The van der Waals surface area contributed by atoms with Crippen LogP contribution < -0.4 is 15.4 Å². The lowest BCUT2D eigenvalue weighted by atomic mass is 10.3. The van der Waals surface area contributed by atoms with E-state index in [1.807, 2.05) is 19.9 Å². The summed E-state index contributed by atoms with van der Waals surface area (Å²) >= 11 is 0. The highest BCUT2D eigenvalue weighted by molar-refractivity contribution is 14.0. The number of nitrogens with zero attached hydrogens (tertiary/aromatic N) is 2. The van der Waals surface area contributed by atoms with Gasteiger partial charge in [0, 0.05) is 32.0 Å². The van der Waals surface area contributed by atoms with Gasteiger partial charge in [0.15, 0.2) is 5.96 Å². The Morgan fingerprint density at radius 1 is 1.22 bits per heavy atom. The summed E-state index contributed by atoms with van der Waals surface area (Å²) in [4.78, 5) is 8.81. The van der Waals surface area contributed by atoms with E-state index in [9.17, 15) is 4.39 Å².